The van der Waals surface area contributed by atoms with Crippen molar-refractivity contribution >= 4 is 23.3 Å². The molecule has 0 aliphatic carbocycles. The van der Waals surface area contributed by atoms with Crippen LogP contribution in [0.4, 0.5) is 11.4 Å². The molecule has 1 heterocycles. The van der Waals surface area contributed by atoms with Gasteiger partial charge in [-0.15, -0.1) is 0 Å². The number of nitro benzene ring substituents is 1. The SMILES string of the molecule is C[C@H]1CCCN(c2ccc(C(=O)O[C@@H](C)C(=O)NC(C)(C)C)cc2[N+](=O)[O-])C1. The maximum Gasteiger partial charge on any atom is 0.339 e. The quantitative estimate of drug-likeness (QED) is 0.469. The second kappa shape index (κ2) is 8.58. The van der Waals surface area contributed by atoms with Gasteiger partial charge in [0, 0.05) is 24.7 Å². The van der Waals surface area contributed by atoms with Crippen molar-refractivity contribution in [3.8, 4) is 0 Å². The van der Waals surface area contributed by atoms with Crippen LogP contribution in [0, 0.1) is 16.0 Å². The van der Waals surface area contributed by atoms with Crippen LogP contribution in [-0.2, 0) is 9.53 Å². The lowest BCUT2D eigenvalue weighted by molar-refractivity contribution is -0.384. The first-order valence-electron chi connectivity index (χ1n) is 9.54. The van der Waals surface area contributed by atoms with E-state index >= 15 is 0 Å². The van der Waals surface area contributed by atoms with Gasteiger partial charge >= 0.3 is 5.97 Å². The molecule has 1 fully saturated rings. The molecule has 1 aromatic carbocycles. The summed E-state index contributed by atoms with van der Waals surface area (Å²) in [7, 11) is 0. The number of nitrogens with zero attached hydrogens (tertiary/aromatic N) is 2. The zero-order chi connectivity index (χ0) is 21.1. The summed E-state index contributed by atoms with van der Waals surface area (Å²) in [6.45, 7) is 10.5. The molecule has 1 aromatic rings. The highest BCUT2D eigenvalue weighted by atomic mass is 16.6. The van der Waals surface area contributed by atoms with Crippen molar-refractivity contribution in [3.63, 3.8) is 0 Å². The molecule has 0 bridgehead atoms. The van der Waals surface area contributed by atoms with Gasteiger partial charge < -0.3 is 15.0 Å². The number of anilines is 1. The fraction of sp³-hybridized carbons (Fsp3) is 0.600. The fourth-order valence-electron chi connectivity index (χ4n) is 3.23. The van der Waals surface area contributed by atoms with E-state index in [9.17, 15) is 19.7 Å². The number of piperidine rings is 1. The van der Waals surface area contributed by atoms with Gasteiger partial charge in [-0.05, 0) is 58.6 Å². The van der Waals surface area contributed by atoms with Crippen LogP contribution in [0.15, 0.2) is 18.2 Å². The highest BCUT2D eigenvalue weighted by molar-refractivity contribution is 5.93. The zero-order valence-corrected chi connectivity index (χ0v) is 17.2. The van der Waals surface area contributed by atoms with Crippen LogP contribution < -0.4 is 10.2 Å². The third kappa shape index (κ3) is 5.68. The van der Waals surface area contributed by atoms with Gasteiger partial charge in [0.05, 0.1) is 10.5 Å². The van der Waals surface area contributed by atoms with Crippen LogP contribution in [0.25, 0.3) is 0 Å². The Balaban J connectivity index is 2.17. The average Bonchev–Trinajstić information content (AvgIpc) is 2.59. The average molecular weight is 391 g/mol. The Morgan fingerprint density at radius 1 is 1.36 bits per heavy atom. The number of hydrogen-bond acceptors (Lipinski definition) is 6. The normalized spacial score (nSPS) is 18.3. The third-order valence-electron chi connectivity index (χ3n) is 4.56. The van der Waals surface area contributed by atoms with Crippen LogP contribution >= 0.6 is 0 Å². The van der Waals surface area contributed by atoms with E-state index in [4.69, 9.17) is 4.74 Å². The van der Waals surface area contributed by atoms with E-state index < -0.39 is 28.4 Å². The molecule has 1 aliphatic rings. The minimum absolute atomic E-state index is 0.0518. The van der Waals surface area contributed by atoms with Gasteiger partial charge in [0.2, 0.25) is 0 Å². The number of rotatable bonds is 5. The Bertz CT molecular complexity index is 757. The molecule has 8 heteroatoms. The van der Waals surface area contributed by atoms with Crippen molar-refractivity contribution in [2.75, 3.05) is 18.0 Å². The van der Waals surface area contributed by atoms with Gasteiger partial charge in [0.1, 0.15) is 5.69 Å². The van der Waals surface area contributed by atoms with Gasteiger partial charge in [-0.25, -0.2) is 4.79 Å². The van der Waals surface area contributed by atoms with E-state index in [0.717, 1.165) is 25.9 Å². The molecule has 28 heavy (non-hydrogen) atoms. The minimum atomic E-state index is -1.01. The molecule has 2 rings (SSSR count). The second-order valence-corrected chi connectivity index (χ2v) is 8.44. The molecule has 1 aliphatic heterocycles. The summed E-state index contributed by atoms with van der Waals surface area (Å²) in [4.78, 5) is 37.6. The number of amides is 1. The first-order chi connectivity index (χ1) is 13.0. The summed E-state index contributed by atoms with van der Waals surface area (Å²) in [5.74, 6) is -0.729. The van der Waals surface area contributed by atoms with Crippen LogP contribution in [0.1, 0.15) is 57.8 Å². The Morgan fingerprint density at radius 2 is 2.04 bits per heavy atom. The van der Waals surface area contributed by atoms with E-state index in [1.807, 2.05) is 25.7 Å². The Kier molecular flexibility index (Phi) is 6.64. The van der Waals surface area contributed by atoms with E-state index in [1.54, 1.807) is 6.07 Å². The standard InChI is InChI=1S/C20H29N3O5/c1-13-7-6-10-22(12-13)16-9-8-15(11-17(16)23(26)27)19(25)28-14(2)18(24)21-20(3,4)5/h8-9,11,13-14H,6-7,10,12H2,1-5H3,(H,21,24)/t13-,14-/m0/s1. The number of carbonyl (C=O) groups is 2. The van der Waals surface area contributed by atoms with Gasteiger partial charge in [0.15, 0.2) is 6.10 Å². The predicted molar refractivity (Wildman–Crippen MR) is 106 cm³/mol. The molecule has 0 unspecified atom stereocenters. The van der Waals surface area contributed by atoms with Crippen LogP contribution in [0.2, 0.25) is 0 Å². The fourth-order valence-corrected chi connectivity index (χ4v) is 3.23. The number of benzene rings is 1. The largest absolute Gasteiger partial charge is 0.449 e. The maximum absolute atomic E-state index is 12.4. The summed E-state index contributed by atoms with van der Waals surface area (Å²) < 4.78 is 5.19. The summed E-state index contributed by atoms with van der Waals surface area (Å²) in [6.07, 6.45) is 1.07. The van der Waals surface area contributed by atoms with E-state index in [1.165, 1.54) is 19.1 Å². The zero-order valence-electron chi connectivity index (χ0n) is 17.2. The van der Waals surface area contributed by atoms with Gasteiger partial charge in [-0.3, -0.25) is 14.9 Å². The van der Waals surface area contributed by atoms with Crippen molar-refractivity contribution in [1.82, 2.24) is 5.32 Å². The first-order valence-corrected chi connectivity index (χ1v) is 9.54. The summed E-state index contributed by atoms with van der Waals surface area (Å²) in [5, 5.41) is 14.3. The minimum Gasteiger partial charge on any atom is -0.449 e. The molecule has 1 amide bonds. The van der Waals surface area contributed by atoms with E-state index in [-0.39, 0.29) is 11.3 Å². The summed E-state index contributed by atoms with van der Waals surface area (Å²) in [6, 6.07) is 4.33. The van der Waals surface area contributed by atoms with Gasteiger partial charge in [-0.2, -0.15) is 0 Å². The molecular formula is C20H29N3O5. The molecule has 0 spiro atoms. The van der Waals surface area contributed by atoms with Crippen LogP contribution in [-0.4, -0.2) is 41.5 Å². The molecule has 154 valence electrons. The first kappa shape index (κ1) is 21.7. The number of ether oxygens (including phenoxy) is 1. The highest BCUT2D eigenvalue weighted by Crippen LogP contribution is 2.32. The number of esters is 1. The lowest BCUT2D eigenvalue weighted by atomic mass is 9.99. The Hall–Kier alpha value is -2.64. The lowest BCUT2D eigenvalue weighted by Crippen LogP contribution is -2.46. The number of nitrogens with one attached hydrogen (secondary N) is 1. The van der Waals surface area contributed by atoms with E-state index in [0.29, 0.717) is 11.6 Å². The Morgan fingerprint density at radius 3 is 2.61 bits per heavy atom. The molecule has 8 nitrogen and oxygen atoms in total. The maximum atomic E-state index is 12.4. The topological polar surface area (TPSA) is 102 Å². The summed E-state index contributed by atoms with van der Waals surface area (Å²) in [5.41, 5.74) is -0.0260. The molecule has 1 saturated heterocycles. The molecule has 0 aromatic heterocycles. The highest BCUT2D eigenvalue weighted by Gasteiger charge is 2.27. The van der Waals surface area contributed by atoms with Gasteiger partial charge in [-0.1, -0.05) is 6.92 Å². The number of hydrogen-bond donors (Lipinski definition) is 1. The molecule has 2 atom stereocenters. The van der Waals surface area contributed by atoms with Crippen molar-refractivity contribution in [1.29, 1.82) is 0 Å². The van der Waals surface area contributed by atoms with Crippen molar-refractivity contribution in [2.24, 2.45) is 5.92 Å². The van der Waals surface area contributed by atoms with Crippen molar-refractivity contribution in [2.45, 2.75) is 59.1 Å². The van der Waals surface area contributed by atoms with Crippen LogP contribution in [0.3, 0.4) is 0 Å². The summed E-state index contributed by atoms with van der Waals surface area (Å²) >= 11 is 0. The Labute approximate surface area is 165 Å². The van der Waals surface area contributed by atoms with Crippen molar-refractivity contribution in [3.05, 3.63) is 33.9 Å². The molecular weight excluding hydrogens is 362 g/mol. The van der Waals surface area contributed by atoms with Crippen LogP contribution in [0.5, 0.6) is 0 Å². The number of nitro groups is 1. The third-order valence-corrected chi connectivity index (χ3v) is 4.56. The predicted octanol–water partition coefficient (Wildman–Crippen LogP) is 3.29. The lowest BCUT2D eigenvalue weighted by Gasteiger charge is -2.32. The molecule has 0 radical (unpaired) electrons. The van der Waals surface area contributed by atoms with E-state index in [2.05, 4.69) is 12.2 Å². The second-order valence-electron chi connectivity index (χ2n) is 8.44. The van der Waals surface area contributed by atoms with Gasteiger partial charge in [0.25, 0.3) is 11.6 Å². The smallest absolute Gasteiger partial charge is 0.339 e. The number of carbonyl (C=O) groups excluding carboxylic acids is 2. The molecule has 0 saturated carbocycles. The molecule has 1 N–H and O–H groups in total. The monoisotopic (exact) mass is 391 g/mol. The van der Waals surface area contributed by atoms with Crippen molar-refractivity contribution < 1.29 is 19.2 Å².